The Labute approximate surface area is 65.8 Å². The van der Waals surface area contributed by atoms with Gasteiger partial charge in [0, 0.05) is 0 Å². The van der Waals surface area contributed by atoms with Crippen molar-refractivity contribution in [2.24, 2.45) is 0 Å². The van der Waals surface area contributed by atoms with E-state index in [-0.39, 0.29) is 6.10 Å². The Morgan fingerprint density at radius 1 is 1.30 bits per heavy atom. The van der Waals surface area contributed by atoms with Gasteiger partial charge in [-0.3, -0.25) is 4.29 Å². The van der Waals surface area contributed by atoms with Gasteiger partial charge >= 0.3 is 0 Å². The maximum Gasteiger partial charge on any atom is 0.101 e. The van der Waals surface area contributed by atoms with Crippen LogP contribution in [0.2, 0.25) is 0 Å². The van der Waals surface area contributed by atoms with Gasteiger partial charge in [0.25, 0.3) is 0 Å². The second-order valence-corrected chi connectivity index (χ2v) is 2.32. The highest BCUT2D eigenvalue weighted by molar-refractivity contribution is 6.07. The van der Waals surface area contributed by atoms with Crippen LogP contribution in [0.5, 0.6) is 0 Å². The molecule has 54 valence electrons. The van der Waals surface area contributed by atoms with Crippen LogP contribution >= 0.6 is 11.9 Å². The van der Waals surface area contributed by atoms with Crippen LogP contribution in [0.3, 0.4) is 0 Å². The smallest absolute Gasteiger partial charge is 0.101 e. The van der Waals surface area contributed by atoms with Crippen molar-refractivity contribution in [3.63, 3.8) is 0 Å². The number of hydrogen-bond donors (Lipinski definition) is 0. The van der Waals surface area contributed by atoms with Gasteiger partial charge in [0.15, 0.2) is 0 Å². The highest BCUT2D eigenvalue weighted by atomic mass is 35.5. The second kappa shape index (κ2) is 3.59. The van der Waals surface area contributed by atoms with E-state index in [1.54, 1.807) is 0 Å². The molecule has 1 aromatic rings. The summed E-state index contributed by atoms with van der Waals surface area (Å²) in [5.41, 5.74) is 1.09. The van der Waals surface area contributed by atoms with Crippen molar-refractivity contribution in [3.05, 3.63) is 35.9 Å². The molecule has 1 rings (SSSR count). The first-order valence-corrected chi connectivity index (χ1v) is 3.48. The van der Waals surface area contributed by atoms with E-state index in [4.69, 9.17) is 11.9 Å². The van der Waals surface area contributed by atoms with Crippen LogP contribution in [0.15, 0.2) is 30.3 Å². The molecular weight excluding hydrogens is 148 g/mol. The highest BCUT2D eigenvalue weighted by Crippen LogP contribution is 2.16. The normalized spacial score (nSPS) is 13.0. The van der Waals surface area contributed by atoms with E-state index in [1.165, 1.54) is 0 Å². The molecule has 0 aliphatic carbocycles. The van der Waals surface area contributed by atoms with Crippen LogP contribution in [0.4, 0.5) is 0 Å². The van der Waals surface area contributed by atoms with E-state index in [9.17, 15) is 0 Å². The lowest BCUT2D eigenvalue weighted by Crippen LogP contribution is -1.90. The van der Waals surface area contributed by atoms with Gasteiger partial charge in [0.2, 0.25) is 0 Å². The van der Waals surface area contributed by atoms with Crippen molar-refractivity contribution in [1.29, 1.82) is 0 Å². The third kappa shape index (κ3) is 1.72. The van der Waals surface area contributed by atoms with Crippen molar-refractivity contribution >= 4 is 11.9 Å². The molecule has 0 aliphatic heterocycles. The molecule has 0 bridgehead atoms. The minimum atomic E-state index is -0.0251. The SMILES string of the molecule is CC(OCl)c1ccccc1. The minimum absolute atomic E-state index is 0.0251. The minimum Gasteiger partial charge on any atom is -0.271 e. The third-order valence-electron chi connectivity index (χ3n) is 1.40. The van der Waals surface area contributed by atoms with Crippen LogP contribution < -0.4 is 0 Å². The van der Waals surface area contributed by atoms with Crippen molar-refractivity contribution in [3.8, 4) is 0 Å². The molecule has 0 saturated heterocycles. The monoisotopic (exact) mass is 156 g/mol. The molecule has 0 saturated carbocycles. The lowest BCUT2D eigenvalue weighted by molar-refractivity contribution is 0.253. The Balaban J connectivity index is 2.75. The Morgan fingerprint density at radius 3 is 2.40 bits per heavy atom. The molecule has 0 N–H and O–H groups in total. The molecule has 0 spiro atoms. The Morgan fingerprint density at radius 2 is 1.90 bits per heavy atom. The van der Waals surface area contributed by atoms with Crippen LogP contribution in [-0.4, -0.2) is 0 Å². The predicted molar refractivity (Wildman–Crippen MR) is 41.8 cm³/mol. The van der Waals surface area contributed by atoms with Gasteiger partial charge in [-0.15, -0.1) is 0 Å². The van der Waals surface area contributed by atoms with E-state index in [0.717, 1.165) is 5.56 Å². The maximum absolute atomic E-state index is 5.19. The highest BCUT2D eigenvalue weighted by Gasteiger charge is 2.01. The summed E-state index contributed by atoms with van der Waals surface area (Å²) in [6.45, 7) is 1.91. The summed E-state index contributed by atoms with van der Waals surface area (Å²) in [4.78, 5) is 0. The van der Waals surface area contributed by atoms with Gasteiger partial charge in [0.05, 0.1) is 11.9 Å². The van der Waals surface area contributed by atoms with Crippen LogP contribution in [0, 0.1) is 0 Å². The number of hydrogen-bond acceptors (Lipinski definition) is 1. The lowest BCUT2D eigenvalue weighted by Gasteiger charge is -2.05. The molecule has 1 unspecified atom stereocenters. The summed E-state index contributed by atoms with van der Waals surface area (Å²) in [7, 11) is 0. The third-order valence-corrected chi connectivity index (χ3v) is 1.67. The van der Waals surface area contributed by atoms with E-state index < -0.39 is 0 Å². The van der Waals surface area contributed by atoms with Gasteiger partial charge in [0.1, 0.15) is 6.10 Å². The molecule has 0 fully saturated rings. The first-order valence-electron chi connectivity index (χ1n) is 3.17. The van der Waals surface area contributed by atoms with Crippen molar-refractivity contribution < 1.29 is 4.29 Å². The fourth-order valence-corrected chi connectivity index (χ4v) is 0.878. The maximum atomic E-state index is 5.19. The average Bonchev–Trinajstić information content (AvgIpc) is 2.05. The first kappa shape index (κ1) is 7.58. The summed E-state index contributed by atoms with van der Waals surface area (Å²) >= 11 is 5.19. The van der Waals surface area contributed by atoms with Gasteiger partial charge in [-0.1, -0.05) is 30.3 Å². The van der Waals surface area contributed by atoms with E-state index in [0.29, 0.717) is 0 Å². The van der Waals surface area contributed by atoms with Crippen molar-refractivity contribution in [1.82, 2.24) is 0 Å². The zero-order chi connectivity index (χ0) is 7.40. The van der Waals surface area contributed by atoms with Crippen LogP contribution in [0.1, 0.15) is 18.6 Å². The van der Waals surface area contributed by atoms with Gasteiger partial charge in [-0.2, -0.15) is 0 Å². The molecule has 0 heterocycles. The van der Waals surface area contributed by atoms with Gasteiger partial charge < -0.3 is 0 Å². The van der Waals surface area contributed by atoms with Crippen molar-refractivity contribution in [2.45, 2.75) is 13.0 Å². The fourth-order valence-electron chi connectivity index (χ4n) is 0.775. The summed E-state index contributed by atoms with van der Waals surface area (Å²) in [5.74, 6) is 0. The molecule has 0 radical (unpaired) electrons. The quantitative estimate of drug-likeness (QED) is 0.640. The summed E-state index contributed by atoms with van der Waals surface area (Å²) in [6, 6.07) is 9.84. The summed E-state index contributed by atoms with van der Waals surface area (Å²) in [6.07, 6.45) is -0.0251. The topological polar surface area (TPSA) is 9.23 Å². The van der Waals surface area contributed by atoms with Crippen LogP contribution in [-0.2, 0) is 4.29 Å². The molecule has 10 heavy (non-hydrogen) atoms. The number of halogens is 1. The zero-order valence-electron chi connectivity index (χ0n) is 5.75. The van der Waals surface area contributed by atoms with Crippen LogP contribution in [0.25, 0.3) is 0 Å². The molecule has 0 aliphatic rings. The summed E-state index contributed by atoms with van der Waals surface area (Å²) in [5, 5.41) is 0. The Hall–Kier alpha value is -0.530. The first-order chi connectivity index (χ1) is 4.84. The number of rotatable bonds is 2. The number of benzene rings is 1. The molecule has 1 aromatic carbocycles. The zero-order valence-corrected chi connectivity index (χ0v) is 6.51. The largest absolute Gasteiger partial charge is 0.271 e. The summed E-state index contributed by atoms with van der Waals surface area (Å²) < 4.78 is 4.61. The molecule has 0 aromatic heterocycles. The van der Waals surface area contributed by atoms with Crippen molar-refractivity contribution in [2.75, 3.05) is 0 Å². The molecule has 2 heteroatoms. The Bertz CT molecular complexity index is 186. The molecule has 0 amide bonds. The average molecular weight is 157 g/mol. The predicted octanol–water partition coefficient (Wildman–Crippen LogP) is 2.92. The lowest BCUT2D eigenvalue weighted by atomic mass is 10.1. The Kier molecular flexibility index (Phi) is 2.72. The molecule has 1 atom stereocenters. The molecule has 1 nitrogen and oxygen atoms in total. The standard InChI is InChI=1S/C8H9ClO/c1-7(10-9)8-5-3-2-4-6-8/h2-7H,1H3. The van der Waals surface area contributed by atoms with Gasteiger partial charge in [-0.05, 0) is 12.5 Å². The van der Waals surface area contributed by atoms with E-state index >= 15 is 0 Å². The second-order valence-electron chi connectivity index (χ2n) is 2.14. The van der Waals surface area contributed by atoms with Gasteiger partial charge in [-0.25, -0.2) is 0 Å². The van der Waals surface area contributed by atoms with E-state index in [1.807, 2.05) is 37.3 Å². The fraction of sp³-hybridized carbons (Fsp3) is 0.250. The molecular formula is C8H9ClO. The van der Waals surface area contributed by atoms with E-state index in [2.05, 4.69) is 4.29 Å².